The van der Waals surface area contributed by atoms with Gasteiger partial charge in [0.2, 0.25) is 0 Å². The average Bonchev–Trinajstić information content (AvgIpc) is 2.56. The molecule has 3 heterocycles. The van der Waals surface area contributed by atoms with Crippen LogP contribution in [0, 0.1) is 0 Å². The van der Waals surface area contributed by atoms with Gasteiger partial charge in [-0.05, 0) is 25.0 Å². The van der Waals surface area contributed by atoms with Crippen molar-refractivity contribution in [2.75, 3.05) is 25.2 Å². The molecule has 3 rings (SSSR count). The Kier molecular flexibility index (Phi) is 3.87. The van der Waals surface area contributed by atoms with Gasteiger partial charge in [0.25, 0.3) is 0 Å². The molecule has 0 spiro atoms. The average molecular weight is 270 g/mol. The van der Waals surface area contributed by atoms with Crippen molar-refractivity contribution in [3.8, 4) is 11.3 Å². The molecule has 1 fully saturated rings. The lowest BCUT2D eigenvalue weighted by Crippen LogP contribution is -2.37. The van der Waals surface area contributed by atoms with Crippen LogP contribution >= 0.6 is 0 Å². The third kappa shape index (κ3) is 2.77. The normalized spacial score (nSPS) is 16.1. The van der Waals surface area contributed by atoms with Gasteiger partial charge in [0, 0.05) is 50.3 Å². The van der Waals surface area contributed by atoms with Gasteiger partial charge in [-0.15, -0.1) is 0 Å². The number of hydrogen-bond donors (Lipinski definition) is 0. The minimum atomic E-state index is 0.490. The smallest absolute Gasteiger partial charge is 0.132 e. The Hall–Kier alpha value is -2.01. The van der Waals surface area contributed by atoms with Crippen molar-refractivity contribution < 1.29 is 4.74 Å². The van der Waals surface area contributed by atoms with E-state index in [0.717, 1.165) is 43.1 Å². The third-order valence-corrected chi connectivity index (χ3v) is 3.73. The molecule has 1 saturated heterocycles. The summed E-state index contributed by atoms with van der Waals surface area (Å²) in [5.74, 6) is 0.957. The van der Waals surface area contributed by atoms with Crippen LogP contribution in [0.15, 0.2) is 36.9 Å². The second kappa shape index (κ2) is 5.96. The number of anilines is 1. The maximum atomic E-state index is 5.41. The van der Waals surface area contributed by atoms with Gasteiger partial charge in [-0.1, -0.05) is 0 Å². The number of ether oxygens (including phenoxy) is 1. The highest BCUT2D eigenvalue weighted by atomic mass is 16.5. The van der Waals surface area contributed by atoms with Crippen molar-refractivity contribution >= 4 is 5.82 Å². The van der Waals surface area contributed by atoms with Gasteiger partial charge in [0.05, 0.1) is 5.69 Å². The maximum absolute atomic E-state index is 5.41. The predicted octanol–water partition coefficient (Wildman–Crippen LogP) is 2.15. The van der Waals surface area contributed by atoms with E-state index in [1.165, 1.54) is 0 Å². The van der Waals surface area contributed by atoms with Crippen LogP contribution in [0.25, 0.3) is 11.3 Å². The van der Waals surface area contributed by atoms with E-state index in [1.54, 1.807) is 18.7 Å². The fraction of sp³-hybridized carbons (Fsp3) is 0.400. The number of hydrogen-bond acceptors (Lipinski definition) is 5. The molecule has 0 aliphatic carbocycles. The van der Waals surface area contributed by atoms with E-state index in [2.05, 4.69) is 26.9 Å². The lowest BCUT2D eigenvalue weighted by molar-refractivity contribution is 0.0853. The summed E-state index contributed by atoms with van der Waals surface area (Å²) in [7, 11) is 2.09. The molecule has 1 aliphatic heterocycles. The molecule has 0 radical (unpaired) electrons. The Morgan fingerprint density at radius 1 is 1.15 bits per heavy atom. The maximum Gasteiger partial charge on any atom is 0.132 e. The molecule has 0 atom stereocenters. The zero-order valence-electron chi connectivity index (χ0n) is 11.6. The summed E-state index contributed by atoms with van der Waals surface area (Å²) in [5.41, 5.74) is 1.99. The molecule has 0 bridgehead atoms. The summed E-state index contributed by atoms with van der Waals surface area (Å²) >= 11 is 0. The lowest BCUT2D eigenvalue weighted by atomic mass is 10.1. The minimum absolute atomic E-state index is 0.490. The lowest BCUT2D eigenvalue weighted by Gasteiger charge is -2.32. The standard InChI is InChI=1S/C15H18N4O/c1-19(13-4-8-20-9-5-13)15-10-14(17-11-18-15)12-2-6-16-7-3-12/h2-3,6-7,10-11,13H,4-5,8-9H2,1H3. The monoisotopic (exact) mass is 270 g/mol. The number of pyridine rings is 1. The number of aromatic nitrogens is 3. The first kappa shape index (κ1) is 13.0. The van der Waals surface area contributed by atoms with E-state index in [0.29, 0.717) is 6.04 Å². The Labute approximate surface area is 118 Å². The number of nitrogens with zero attached hydrogens (tertiary/aromatic N) is 4. The highest BCUT2D eigenvalue weighted by Crippen LogP contribution is 2.23. The molecular formula is C15H18N4O. The highest BCUT2D eigenvalue weighted by Gasteiger charge is 2.19. The largest absolute Gasteiger partial charge is 0.381 e. The zero-order chi connectivity index (χ0) is 13.8. The molecule has 5 heteroatoms. The molecule has 104 valence electrons. The van der Waals surface area contributed by atoms with Gasteiger partial charge in [-0.25, -0.2) is 9.97 Å². The van der Waals surface area contributed by atoms with E-state index in [-0.39, 0.29) is 0 Å². The Bertz CT molecular complexity index is 555. The van der Waals surface area contributed by atoms with Gasteiger partial charge in [0.15, 0.2) is 0 Å². The molecule has 0 amide bonds. The highest BCUT2D eigenvalue weighted by molar-refractivity contribution is 5.61. The fourth-order valence-electron chi connectivity index (χ4n) is 2.48. The zero-order valence-corrected chi connectivity index (χ0v) is 11.6. The second-order valence-corrected chi connectivity index (χ2v) is 4.95. The van der Waals surface area contributed by atoms with E-state index in [9.17, 15) is 0 Å². The van der Waals surface area contributed by atoms with Crippen molar-refractivity contribution in [3.63, 3.8) is 0 Å². The molecule has 20 heavy (non-hydrogen) atoms. The quantitative estimate of drug-likeness (QED) is 0.855. The van der Waals surface area contributed by atoms with Gasteiger partial charge >= 0.3 is 0 Å². The first-order chi connectivity index (χ1) is 9.84. The third-order valence-electron chi connectivity index (χ3n) is 3.73. The second-order valence-electron chi connectivity index (χ2n) is 4.95. The van der Waals surface area contributed by atoms with Crippen molar-refractivity contribution in [1.82, 2.24) is 15.0 Å². The summed E-state index contributed by atoms with van der Waals surface area (Å²) in [6, 6.07) is 6.44. The van der Waals surface area contributed by atoms with E-state index in [1.807, 2.05) is 18.2 Å². The molecule has 5 nitrogen and oxygen atoms in total. The molecule has 2 aromatic heterocycles. The van der Waals surface area contributed by atoms with Gasteiger partial charge in [0.1, 0.15) is 12.1 Å². The topological polar surface area (TPSA) is 51.1 Å². The summed E-state index contributed by atoms with van der Waals surface area (Å²) in [6.45, 7) is 1.66. The van der Waals surface area contributed by atoms with Gasteiger partial charge in [-0.2, -0.15) is 0 Å². The minimum Gasteiger partial charge on any atom is -0.381 e. The summed E-state index contributed by atoms with van der Waals surface area (Å²) < 4.78 is 5.41. The molecule has 0 unspecified atom stereocenters. The predicted molar refractivity (Wildman–Crippen MR) is 77.5 cm³/mol. The van der Waals surface area contributed by atoms with Crippen molar-refractivity contribution in [2.24, 2.45) is 0 Å². The fourth-order valence-corrected chi connectivity index (χ4v) is 2.48. The van der Waals surface area contributed by atoms with Crippen LogP contribution in [-0.2, 0) is 4.74 Å². The Balaban J connectivity index is 1.83. The van der Waals surface area contributed by atoms with Crippen LogP contribution in [0.2, 0.25) is 0 Å². The van der Waals surface area contributed by atoms with Gasteiger partial charge < -0.3 is 9.64 Å². The SMILES string of the molecule is CN(c1cc(-c2ccncc2)ncn1)C1CCOCC1. The molecule has 0 saturated carbocycles. The summed E-state index contributed by atoms with van der Waals surface area (Å²) in [4.78, 5) is 15.0. The molecule has 2 aromatic rings. The molecule has 0 aromatic carbocycles. The summed E-state index contributed by atoms with van der Waals surface area (Å²) in [6.07, 6.45) is 7.27. The van der Waals surface area contributed by atoms with Crippen LogP contribution in [0.1, 0.15) is 12.8 Å². The van der Waals surface area contributed by atoms with Crippen LogP contribution in [0.4, 0.5) is 5.82 Å². The summed E-state index contributed by atoms with van der Waals surface area (Å²) in [5, 5.41) is 0. The van der Waals surface area contributed by atoms with Crippen LogP contribution < -0.4 is 4.90 Å². The van der Waals surface area contributed by atoms with Crippen LogP contribution in [0.3, 0.4) is 0 Å². The van der Waals surface area contributed by atoms with Crippen molar-refractivity contribution in [3.05, 3.63) is 36.9 Å². The first-order valence-electron chi connectivity index (χ1n) is 6.87. The van der Waals surface area contributed by atoms with Crippen LogP contribution in [0.5, 0.6) is 0 Å². The van der Waals surface area contributed by atoms with Gasteiger partial charge in [-0.3, -0.25) is 4.98 Å². The van der Waals surface area contributed by atoms with Crippen LogP contribution in [-0.4, -0.2) is 41.3 Å². The number of rotatable bonds is 3. The van der Waals surface area contributed by atoms with E-state index in [4.69, 9.17) is 4.74 Å². The van der Waals surface area contributed by atoms with Crippen molar-refractivity contribution in [2.45, 2.75) is 18.9 Å². The Morgan fingerprint density at radius 3 is 2.65 bits per heavy atom. The molecular weight excluding hydrogens is 252 g/mol. The molecule has 1 aliphatic rings. The Morgan fingerprint density at radius 2 is 1.90 bits per heavy atom. The van der Waals surface area contributed by atoms with E-state index < -0.39 is 0 Å². The van der Waals surface area contributed by atoms with E-state index >= 15 is 0 Å². The first-order valence-corrected chi connectivity index (χ1v) is 6.87. The molecule has 0 N–H and O–H groups in total. The van der Waals surface area contributed by atoms with Crippen molar-refractivity contribution in [1.29, 1.82) is 0 Å².